The maximum Gasteiger partial charge on any atom is 0.148 e. The molecule has 0 radical (unpaired) electrons. The Morgan fingerprint density at radius 1 is 0.652 bits per heavy atom. The van der Waals surface area contributed by atoms with Crippen molar-refractivity contribution in [3.8, 4) is 22.5 Å². The lowest BCUT2D eigenvalue weighted by Gasteiger charge is -2.11. The molecule has 2 aromatic carbocycles. The third-order valence-electron chi connectivity index (χ3n) is 3.73. The molecule has 1 heterocycles. The molecule has 23 heavy (non-hydrogen) atoms. The summed E-state index contributed by atoms with van der Waals surface area (Å²) < 4.78 is 0. The van der Waals surface area contributed by atoms with E-state index >= 15 is 0 Å². The van der Waals surface area contributed by atoms with E-state index in [4.69, 9.17) is 11.6 Å². The second-order valence-corrected chi connectivity index (χ2v) is 6.53. The first-order valence-electron chi connectivity index (χ1n) is 7.62. The van der Waals surface area contributed by atoms with Crippen LogP contribution in [0.2, 0.25) is 5.15 Å². The third-order valence-corrected chi connectivity index (χ3v) is 3.92. The Morgan fingerprint density at radius 2 is 1.09 bits per heavy atom. The smallest absolute Gasteiger partial charge is 0.148 e. The molecule has 0 spiro atoms. The van der Waals surface area contributed by atoms with Crippen molar-refractivity contribution in [2.45, 2.75) is 27.7 Å². The fourth-order valence-corrected chi connectivity index (χ4v) is 3.14. The molecule has 0 fully saturated rings. The van der Waals surface area contributed by atoms with Crippen LogP contribution in [-0.4, -0.2) is 9.97 Å². The van der Waals surface area contributed by atoms with Crippen LogP contribution < -0.4 is 0 Å². The van der Waals surface area contributed by atoms with Crippen LogP contribution in [0.25, 0.3) is 22.5 Å². The van der Waals surface area contributed by atoms with Crippen LogP contribution in [0.4, 0.5) is 0 Å². The molecule has 0 aliphatic heterocycles. The molecule has 1 aromatic heterocycles. The van der Waals surface area contributed by atoms with Gasteiger partial charge in [0.1, 0.15) is 5.15 Å². The highest BCUT2D eigenvalue weighted by Gasteiger charge is 2.13. The normalized spacial score (nSPS) is 10.8. The number of aromatic nitrogens is 2. The molecule has 3 rings (SSSR count). The Kier molecular flexibility index (Phi) is 4.18. The van der Waals surface area contributed by atoms with Crippen LogP contribution in [0, 0.1) is 27.7 Å². The van der Waals surface area contributed by atoms with Crippen molar-refractivity contribution in [1.29, 1.82) is 0 Å². The monoisotopic (exact) mass is 322 g/mol. The molecule has 2 nitrogen and oxygen atoms in total. The standard InChI is InChI=1S/C20H19ClN2/c1-12-5-13(2)8-16(7-12)19-20(23-18(21)11-22-19)17-9-14(3)6-15(4)10-17/h5-11H,1-4H3. The molecule has 0 aliphatic carbocycles. The molecular weight excluding hydrogens is 304 g/mol. The van der Waals surface area contributed by atoms with Gasteiger partial charge in [0.15, 0.2) is 0 Å². The van der Waals surface area contributed by atoms with E-state index in [1.165, 1.54) is 22.3 Å². The van der Waals surface area contributed by atoms with Gasteiger partial charge in [-0.15, -0.1) is 0 Å². The summed E-state index contributed by atoms with van der Waals surface area (Å²) in [5.41, 5.74) is 8.64. The van der Waals surface area contributed by atoms with Crippen molar-refractivity contribution in [3.05, 3.63) is 70.0 Å². The maximum absolute atomic E-state index is 6.12. The topological polar surface area (TPSA) is 25.8 Å². The average Bonchev–Trinajstić information content (AvgIpc) is 2.45. The average molecular weight is 323 g/mol. The highest BCUT2D eigenvalue weighted by molar-refractivity contribution is 6.29. The van der Waals surface area contributed by atoms with Gasteiger partial charge in [-0.05, 0) is 52.0 Å². The van der Waals surface area contributed by atoms with Gasteiger partial charge in [0.2, 0.25) is 0 Å². The zero-order valence-electron chi connectivity index (χ0n) is 13.8. The summed E-state index contributed by atoms with van der Waals surface area (Å²) in [6.07, 6.45) is 1.61. The van der Waals surface area contributed by atoms with E-state index < -0.39 is 0 Å². The van der Waals surface area contributed by atoms with E-state index in [1.807, 2.05) is 0 Å². The lowest BCUT2D eigenvalue weighted by Crippen LogP contribution is -1.95. The van der Waals surface area contributed by atoms with Crippen LogP contribution in [0.3, 0.4) is 0 Å². The Balaban J connectivity index is 2.26. The van der Waals surface area contributed by atoms with Crippen LogP contribution in [0.1, 0.15) is 22.3 Å². The first-order valence-corrected chi connectivity index (χ1v) is 8.00. The maximum atomic E-state index is 6.12. The van der Waals surface area contributed by atoms with Gasteiger partial charge in [0.05, 0.1) is 17.6 Å². The Hall–Kier alpha value is -2.19. The van der Waals surface area contributed by atoms with Gasteiger partial charge in [-0.2, -0.15) is 0 Å². The summed E-state index contributed by atoms with van der Waals surface area (Å²) in [6, 6.07) is 12.8. The van der Waals surface area contributed by atoms with Gasteiger partial charge in [0, 0.05) is 11.1 Å². The first-order chi connectivity index (χ1) is 10.9. The molecule has 0 N–H and O–H groups in total. The van der Waals surface area contributed by atoms with Gasteiger partial charge >= 0.3 is 0 Å². The minimum atomic E-state index is 0.410. The molecule has 0 aliphatic rings. The molecule has 0 unspecified atom stereocenters. The quantitative estimate of drug-likeness (QED) is 0.605. The SMILES string of the molecule is Cc1cc(C)cc(-c2ncc(Cl)nc2-c2cc(C)cc(C)c2)c1. The summed E-state index contributed by atoms with van der Waals surface area (Å²) in [7, 11) is 0. The van der Waals surface area contributed by atoms with E-state index in [2.05, 4.69) is 74.1 Å². The highest BCUT2D eigenvalue weighted by atomic mass is 35.5. The first kappa shape index (κ1) is 15.7. The molecule has 0 amide bonds. The molecule has 116 valence electrons. The zero-order chi connectivity index (χ0) is 16.6. The van der Waals surface area contributed by atoms with Gasteiger partial charge < -0.3 is 0 Å². The molecule has 3 heteroatoms. The predicted molar refractivity (Wildman–Crippen MR) is 96.9 cm³/mol. The third kappa shape index (κ3) is 3.43. The van der Waals surface area contributed by atoms with Crippen LogP contribution in [0.15, 0.2) is 42.6 Å². The molecule has 0 saturated carbocycles. The van der Waals surface area contributed by atoms with Crippen LogP contribution in [-0.2, 0) is 0 Å². The van der Waals surface area contributed by atoms with E-state index in [-0.39, 0.29) is 0 Å². The number of hydrogen-bond acceptors (Lipinski definition) is 2. The van der Waals surface area contributed by atoms with Crippen LogP contribution >= 0.6 is 11.6 Å². The van der Waals surface area contributed by atoms with E-state index in [0.29, 0.717) is 5.15 Å². The van der Waals surface area contributed by atoms with Crippen molar-refractivity contribution >= 4 is 11.6 Å². The molecule has 0 bridgehead atoms. The molecule has 0 atom stereocenters. The minimum absolute atomic E-state index is 0.410. The summed E-state index contributed by atoms with van der Waals surface area (Å²) in [4.78, 5) is 9.14. The second kappa shape index (κ2) is 6.13. The van der Waals surface area contributed by atoms with Gasteiger partial charge in [-0.3, -0.25) is 4.98 Å². The van der Waals surface area contributed by atoms with Crippen molar-refractivity contribution < 1.29 is 0 Å². The van der Waals surface area contributed by atoms with Crippen molar-refractivity contribution in [1.82, 2.24) is 9.97 Å². The Labute approximate surface area is 142 Å². The highest BCUT2D eigenvalue weighted by Crippen LogP contribution is 2.32. The number of halogens is 1. The fraction of sp³-hybridized carbons (Fsp3) is 0.200. The predicted octanol–water partition coefficient (Wildman–Crippen LogP) is 5.70. The fourth-order valence-electron chi connectivity index (χ4n) is 3.00. The molecular formula is C20H19ClN2. The van der Waals surface area contributed by atoms with Crippen molar-refractivity contribution in [3.63, 3.8) is 0 Å². The van der Waals surface area contributed by atoms with Crippen molar-refractivity contribution in [2.75, 3.05) is 0 Å². The summed E-state index contributed by atoms with van der Waals surface area (Å²) in [6.45, 7) is 8.36. The van der Waals surface area contributed by atoms with Gasteiger partial charge in [0.25, 0.3) is 0 Å². The van der Waals surface area contributed by atoms with E-state index in [9.17, 15) is 0 Å². The van der Waals surface area contributed by atoms with Gasteiger partial charge in [-0.1, -0.05) is 46.0 Å². The summed E-state index contributed by atoms with van der Waals surface area (Å²) in [5.74, 6) is 0. The molecule has 3 aromatic rings. The minimum Gasteiger partial charge on any atom is -0.251 e. The Morgan fingerprint density at radius 3 is 1.57 bits per heavy atom. The lowest BCUT2D eigenvalue weighted by molar-refractivity contribution is 1.20. The van der Waals surface area contributed by atoms with E-state index in [0.717, 1.165) is 22.5 Å². The second-order valence-electron chi connectivity index (χ2n) is 6.14. The number of aryl methyl sites for hydroxylation is 4. The number of benzene rings is 2. The summed E-state index contributed by atoms with van der Waals surface area (Å²) >= 11 is 6.12. The van der Waals surface area contributed by atoms with Crippen LogP contribution in [0.5, 0.6) is 0 Å². The molecule has 0 saturated heterocycles. The number of rotatable bonds is 2. The Bertz CT molecular complexity index is 844. The zero-order valence-corrected chi connectivity index (χ0v) is 14.6. The van der Waals surface area contributed by atoms with Crippen molar-refractivity contribution in [2.24, 2.45) is 0 Å². The van der Waals surface area contributed by atoms with E-state index in [1.54, 1.807) is 6.20 Å². The number of nitrogens with zero attached hydrogens (tertiary/aromatic N) is 2. The number of hydrogen-bond donors (Lipinski definition) is 0. The van der Waals surface area contributed by atoms with Gasteiger partial charge in [-0.25, -0.2) is 4.98 Å². The summed E-state index contributed by atoms with van der Waals surface area (Å²) in [5, 5.41) is 0.410. The largest absolute Gasteiger partial charge is 0.251 e. The lowest BCUT2D eigenvalue weighted by atomic mass is 9.98.